The number of nitrogens with zero attached hydrogens (tertiary/aromatic N) is 1. The molecule has 1 aromatic heterocycles. The highest BCUT2D eigenvalue weighted by molar-refractivity contribution is 6.08. The lowest BCUT2D eigenvalue weighted by atomic mass is 10.1. The molecular weight excluding hydrogens is 286 g/mol. The van der Waals surface area contributed by atoms with Gasteiger partial charge in [0.15, 0.2) is 5.78 Å². The summed E-state index contributed by atoms with van der Waals surface area (Å²) in [5.41, 5.74) is 4.13. The first kappa shape index (κ1) is 15.3. The average Bonchev–Trinajstić information content (AvgIpc) is 2.82. The number of Topliss-reactive ketones (excluding diaryl/α,β-unsaturated/α-hetero) is 1. The first-order valence-corrected chi connectivity index (χ1v) is 7.86. The fraction of sp³-hybridized carbons (Fsp3) is 0.250. The van der Waals surface area contributed by atoms with Crippen LogP contribution in [-0.2, 0) is 6.54 Å². The Morgan fingerprint density at radius 3 is 2.43 bits per heavy atom. The second kappa shape index (κ2) is 6.29. The molecule has 0 amide bonds. The van der Waals surface area contributed by atoms with Crippen LogP contribution in [0, 0.1) is 13.8 Å². The van der Waals surface area contributed by atoms with E-state index in [9.17, 15) is 4.79 Å². The fourth-order valence-electron chi connectivity index (χ4n) is 3.05. The van der Waals surface area contributed by atoms with Crippen molar-refractivity contribution in [3.8, 4) is 5.75 Å². The summed E-state index contributed by atoms with van der Waals surface area (Å²) in [6.07, 6.45) is 0. The second-order valence-corrected chi connectivity index (χ2v) is 5.85. The zero-order valence-corrected chi connectivity index (χ0v) is 13.8. The summed E-state index contributed by atoms with van der Waals surface area (Å²) < 4.78 is 8.00. The van der Waals surface area contributed by atoms with Gasteiger partial charge in [0.1, 0.15) is 12.4 Å². The predicted octanol–water partition coefficient (Wildman–Crippen LogP) is 4.54. The molecule has 0 saturated heterocycles. The fourth-order valence-corrected chi connectivity index (χ4v) is 3.05. The largest absolute Gasteiger partial charge is 0.492 e. The van der Waals surface area contributed by atoms with Crippen LogP contribution in [0.2, 0.25) is 0 Å². The van der Waals surface area contributed by atoms with Crippen LogP contribution in [-0.4, -0.2) is 17.0 Å². The minimum absolute atomic E-state index is 0.108. The van der Waals surface area contributed by atoms with Crippen LogP contribution in [0.1, 0.15) is 28.5 Å². The summed E-state index contributed by atoms with van der Waals surface area (Å²) in [5, 5.41) is 1.02. The zero-order valence-electron chi connectivity index (χ0n) is 13.8. The van der Waals surface area contributed by atoms with Gasteiger partial charge in [-0.1, -0.05) is 35.9 Å². The van der Waals surface area contributed by atoms with E-state index in [1.165, 1.54) is 5.56 Å². The van der Waals surface area contributed by atoms with Crippen LogP contribution in [0.25, 0.3) is 10.9 Å². The van der Waals surface area contributed by atoms with Crippen molar-refractivity contribution < 1.29 is 9.53 Å². The standard InChI is InChI=1S/C20H21NO2/c1-14-8-10-17(11-9-14)23-13-12-21-15(2)20(16(3)22)18-6-4-5-7-19(18)21/h4-11H,12-13H2,1-3H3. The maximum atomic E-state index is 12.0. The van der Waals surface area contributed by atoms with E-state index in [1.54, 1.807) is 6.92 Å². The van der Waals surface area contributed by atoms with Gasteiger partial charge in [-0.25, -0.2) is 0 Å². The van der Waals surface area contributed by atoms with Gasteiger partial charge in [0.05, 0.1) is 6.54 Å². The Balaban J connectivity index is 1.84. The van der Waals surface area contributed by atoms with Crippen molar-refractivity contribution in [1.82, 2.24) is 4.57 Å². The van der Waals surface area contributed by atoms with Crippen molar-refractivity contribution in [3.63, 3.8) is 0 Å². The Morgan fingerprint density at radius 2 is 1.74 bits per heavy atom. The summed E-state index contributed by atoms with van der Waals surface area (Å²) in [6.45, 7) is 6.97. The van der Waals surface area contributed by atoms with E-state index in [-0.39, 0.29) is 5.78 Å². The zero-order chi connectivity index (χ0) is 16.4. The van der Waals surface area contributed by atoms with Crippen molar-refractivity contribution in [1.29, 1.82) is 0 Å². The number of ether oxygens (including phenoxy) is 1. The summed E-state index contributed by atoms with van der Waals surface area (Å²) >= 11 is 0. The highest BCUT2D eigenvalue weighted by atomic mass is 16.5. The van der Waals surface area contributed by atoms with Crippen molar-refractivity contribution in [2.24, 2.45) is 0 Å². The van der Waals surface area contributed by atoms with E-state index >= 15 is 0 Å². The number of hydrogen-bond acceptors (Lipinski definition) is 2. The van der Waals surface area contributed by atoms with E-state index in [2.05, 4.69) is 17.6 Å². The number of fused-ring (bicyclic) bond motifs is 1. The number of ketones is 1. The molecule has 0 aliphatic carbocycles. The Hall–Kier alpha value is -2.55. The van der Waals surface area contributed by atoms with Crippen LogP contribution in [0.15, 0.2) is 48.5 Å². The number of carbonyl (C=O) groups is 1. The Labute approximate surface area is 136 Å². The van der Waals surface area contributed by atoms with Gasteiger partial charge in [0, 0.05) is 22.2 Å². The van der Waals surface area contributed by atoms with Gasteiger partial charge >= 0.3 is 0 Å². The molecule has 0 atom stereocenters. The molecule has 3 rings (SSSR count). The lowest BCUT2D eigenvalue weighted by molar-refractivity contribution is 0.101. The molecule has 0 unspecified atom stereocenters. The minimum atomic E-state index is 0.108. The Kier molecular flexibility index (Phi) is 4.20. The minimum Gasteiger partial charge on any atom is -0.492 e. The molecule has 0 bridgehead atoms. The van der Waals surface area contributed by atoms with E-state index in [1.807, 2.05) is 49.4 Å². The quantitative estimate of drug-likeness (QED) is 0.648. The molecule has 3 aromatic rings. The number of benzene rings is 2. The molecule has 0 saturated carbocycles. The van der Waals surface area contributed by atoms with E-state index in [4.69, 9.17) is 4.74 Å². The average molecular weight is 307 g/mol. The third-order valence-corrected chi connectivity index (χ3v) is 4.19. The number of rotatable bonds is 5. The smallest absolute Gasteiger partial charge is 0.162 e. The number of carbonyl (C=O) groups excluding carboxylic acids is 1. The summed E-state index contributed by atoms with van der Waals surface area (Å²) in [5.74, 6) is 0.980. The maximum absolute atomic E-state index is 12.0. The summed E-state index contributed by atoms with van der Waals surface area (Å²) in [6, 6.07) is 16.1. The number of aromatic nitrogens is 1. The number of hydrogen-bond donors (Lipinski definition) is 0. The van der Waals surface area contributed by atoms with Crippen molar-refractivity contribution in [2.75, 3.05) is 6.61 Å². The van der Waals surface area contributed by atoms with Crippen LogP contribution in [0.5, 0.6) is 5.75 Å². The van der Waals surface area contributed by atoms with Crippen molar-refractivity contribution in [3.05, 3.63) is 65.4 Å². The second-order valence-electron chi connectivity index (χ2n) is 5.85. The molecule has 0 N–H and O–H groups in total. The first-order chi connectivity index (χ1) is 11.1. The number of para-hydroxylation sites is 1. The normalized spacial score (nSPS) is 10.9. The van der Waals surface area contributed by atoms with Crippen molar-refractivity contribution in [2.45, 2.75) is 27.3 Å². The molecule has 3 nitrogen and oxygen atoms in total. The van der Waals surface area contributed by atoms with Gasteiger partial charge in [-0.05, 0) is 39.0 Å². The van der Waals surface area contributed by atoms with Gasteiger partial charge in [-0.3, -0.25) is 4.79 Å². The third kappa shape index (κ3) is 3.00. The molecule has 0 spiro atoms. The molecule has 3 heteroatoms. The number of aryl methyl sites for hydroxylation is 1. The SMILES string of the molecule is CC(=O)c1c(C)n(CCOc2ccc(C)cc2)c2ccccc12. The lowest BCUT2D eigenvalue weighted by Crippen LogP contribution is -2.10. The monoisotopic (exact) mass is 307 g/mol. The lowest BCUT2D eigenvalue weighted by Gasteiger charge is -2.10. The van der Waals surface area contributed by atoms with Gasteiger partial charge in [0.2, 0.25) is 0 Å². The summed E-state index contributed by atoms with van der Waals surface area (Å²) in [7, 11) is 0. The topological polar surface area (TPSA) is 31.2 Å². The van der Waals surface area contributed by atoms with E-state index in [0.717, 1.165) is 27.9 Å². The molecule has 2 aromatic carbocycles. The van der Waals surface area contributed by atoms with Crippen LogP contribution in [0.3, 0.4) is 0 Å². The van der Waals surface area contributed by atoms with Crippen LogP contribution >= 0.6 is 0 Å². The summed E-state index contributed by atoms with van der Waals surface area (Å²) in [4.78, 5) is 12.0. The Bertz CT molecular complexity index is 844. The van der Waals surface area contributed by atoms with Gasteiger partial charge in [-0.2, -0.15) is 0 Å². The van der Waals surface area contributed by atoms with Gasteiger partial charge < -0.3 is 9.30 Å². The molecular formula is C20H21NO2. The predicted molar refractivity (Wildman–Crippen MR) is 93.4 cm³/mol. The molecule has 0 aliphatic rings. The van der Waals surface area contributed by atoms with E-state index in [0.29, 0.717) is 13.2 Å². The molecule has 23 heavy (non-hydrogen) atoms. The van der Waals surface area contributed by atoms with Gasteiger partial charge in [0.25, 0.3) is 0 Å². The van der Waals surface area contributed by atoms with Gasteiger partial charge in [-0.15, -0.1) is 0 Å². The van der Waals surface area contributed by atoms with Crippen LogP contribution < -0.4 is 4.74 Å². The highest BCUT2D eigenvalue weighted by Gasteiger charge is 2.16. The molecule has 118 valence electrons. The maximum Gasteiger partial charge on any atom is 0.162 e. The molecule has 1 heterocycles. The highest BCUT2D eigenvalue weighted by Crippen LogP contribution is 2.26. The Morgan fingerprint density at radius 1 is 1.04 bits per heavy atom. The molecule has 0 aliphatic heterocycles. The molecule has 0 radical (unpaired) electrons. The van der Waals surface area contributed by atoms with Crippen molar-refractivity contribution >= 4 is 16.7 Å². The third-order valence-electron chi connectivity index (χ3n) is 4.19. The molecule has 0 fully saturated rings. The first-order valence-electron chi connectivity index (χ1n) is 7.86. The van der Waals surface area contributed by atoms with E-state index < -0.39 is 0 Å². The van der Waals surface area contributed by atoms with Crippen LogP contribution in [0.4, 0.5) is 0 Å².